The molecule has 176 valence electrons. The van der Waals surface area contributed by atoms with Crippen LogP contribution in [0.1, 0.15) is 22.8 Å². The predicted molar refractivity (Wildman–Crippen MR) is 123 cm³/mol. The summed E-state index contributed by atoms with van der Waals surface area (Å²) in [7, 11) is 0. The Labute approximate surface area is 196 Å². The molecule has 0 aromatic heterocycles. The Bertz CT molecular complexity index is 1230. The average Bonchev–Trinajstić information content (AvgIpc) is 2.79. The molecule has 0 saturated carbocycles. The first-order valence-electron chi connectivity index (χ1n) is 9.83. The van der Waals surface area contributed by atoms with Gasteiger partial charge in [-0.25, -0.2) is 0 Å². The third-order valence-corrected chi connectivity index (χ3v) is 5.64. The Morgan fingerprint density at radius 1 is 0.941 bits per heavy atom. The number of nitrogens with one attached hydrogen (secondary N) is 2. The van der Waals surface area contributed by atoms with Crippen molar-refractivity contribution in [3.63, 3.8) is 0 Å². The molecular formula is C23H18F3N3O4S. The van der Waals surface area contributed by atoms with Crippen molar-refractivity contribution in [3.8, 4) is 0 Å². The molecular weight excluding hydrogens is 471 g/mol. The van der Waals surface area contributed by atoms with E-state index in [0.717, 1.165) is 30.0 Å². The van der Waals surface area contributed by atoms with E-state index in [-0.39, 0.29) is 16.9 Å². The van der Waals surface area contributed by atoms with Gasteiger partial charge in [-0.1, -0.05) is 18.2 Å². The summed E-state index contributed by atoms with van der Waals surface area (Å²) in [6.07, 6.45) is -4.52. The van der Waals surface area contributed by atoms with E-state index >= 15 is 0 Å². The normalized spacial score (nSPS) is 12.0. The number of alkyl halides is 3. The van der Waals surface area contributed by atoms with Gasteiger partial charge < -0.3 is 10.6 Å². The first kappa shape index (κ1) is 24.8. The lowest BCUT2D eigenvalue weighted by Gasteiger charge is -2.14. The minimum atomic E-state index is -4.52. The van der Waals surface area contributed by atoms with Gasteiger partial charge in [0.15, 0.2) is 0 Å². The van der Waals surface area contributed by atoms with Crippen LogP contribution in [0.25, 0.3) is 0 Å². The summed E-state index contributed by atoms with van der Waals surface area (Å²) >= 11 is 1.15. The van der Waals surface area contributed by atoms with E-state index in [0.29, 0.717) is 10.6 Å². The van der Waals surface area contributed by atoms with E-state index in [1.165, 1.54) is 30.3 Å². The highest BCUT2D eigenvalue weighted by Gasteiger charge is 2.30. The molecule has 3 rings (SSSR count). The van der Waals surface area contributed by atoms with Crippen molar-refractivity contribution in [2.75, 3.05) is 10.6 Å². The number of hydrogen-bond acceptors (Lipinski definition) is 5. The van der Waals surface area contributed by atoms with E-state index in [2.05, 4.69) is 10.6 Å². The molecule has 3 aromatic carbocycles. The number of hydrogen-bond donors (Lipinski definition) is 2. The van der Waals surface area contributed by atoms with Gasteiger partial charge in [-0.2, -0.15) is 13.2 Å². The Kier molecular flexibility index (Phi) is 7.57. The molecule has 34 heavy (non-hydrogen) atoms. The molecule has 0 aliphatic rings. The highest BCUT2D eigenvalue weighted by atomic mass is 32.2. The van der Waals surface area contributed by atoms with Crippen molar-refractivity contribution in [2.24, 2.45) is 0 Å². The van der Waals surface area contributed by atoms with Crippen molar-refractivity contribution in [1.82, 2.24) is 0 Å². The first-order valence-corrected chi connectivity index (χ1v) is 10.7. The fraction of sp³-hybridized carbons (Fsp3) is 0.130. The third-order valence-electron chi connectivity index (χ3n) is 4.55. The molecule has 1 unspecified atom stereocenters. The molecule has 2 N–H and O–H groups in total. The van der Waals surface area contributed by atoms with Crippen LogP contribution in [0.2, 0.25) is 0 Å². The summed E-state index contributed by atoms with van der Waals surface area (Å²) in [5, 5.41) is 15.4. The third kappa shape index (κ3) is 6.58. The Hall–Kier alpha value is -3.86. The van der Waals surface area contributed by atoms with Crippen molar-refractivity contribution in [3.05, 3.63) is 94.0 Å². The second-order valence-electron chi connectivity index (χ2n) is 7.12. The maximum absolute atomic E-state index is 12.9. The van der Waals surface area contributed by atoms with Gasteiger partial charge in [0.05, 0.1) is 15.7 Å². The average molecular weight is 489 g/mol. The summed E-state index contributed by atoms with van der Waals surface area (Å²) in [6.45, 7) is 1.60. The molecule has 3 aromatic rings. The van der Waals surface area contributed by atoms with Gasteiger partial charge in [-0.3, -0.25) is 19.7 Å². The fourth-order valence-electron chi connectivity index (χ4n) is 2.89. The number of thioether (sulfide) groups is 1. The van der Waals surface area contributed by atoms with Crippen LogP contribution < -0.4 is 10.6 Å². The zero-order valence-corrected chi connectivity index (χ0v) is 18.4. The zero-order valence-electron chi connectivity index (χ0n) is 17.6. The Morgan fingerprint density at radius 3 is 2.26 bits per heavy atom. The van der Waals surface area contributed by atoms with E-state index in [1.807, 2.05) is 0 Å². The quantitative estimate of drug-likeness (QED) is 0.241. The molecule has 0 spiro atoms. The number of carbonyl (C=O) groups excluding carboxylic acids is 2. The summed E-state index contributed by atoms with van der Waals surface area (Å²) in [5.74, 6) is -1.03. The van der Waals surface area contributed by atoms with Crippen LogP contribution in [0.5, 0.6) is 0 Å². The SMILES string of the molecule is CC(Sc1cccc(NC(=O)c2cccc([N+](=O)[O-])c2)c1)C(=O)Nc1cccc(C(F)(F)F)c1. The molecule has 0 saturated heterocycles. The van der Waals surface area contributed by atoms with Gasteiger partial charge in [0.25, 0.3) is 11.6 Å². The number of nitro benzene ring substituents is 1. The predicted octanol–water partition coefficient (Wildman–Crippen LogP) is 5.99. The number of benzene rings is 3. The van der Waals surface area contributed by atoms with Crippen LogP contribution in [0.15, 0.2) is 77.7 Å². The number of amides is 2. The smallest absolute Gasteiger partial charge is 0.325 e. The highest BCUT2D eigenvalue weighted by molar-refractivity contribution is 8.00. The lowest BCUT2D eigenvalue weighted by molar-refractivity contribution is -0.384. The number of halogens is 3. The topological polar surface area (TPSA) is 101 Å². The second-order valence-corrected chi connectivity index (χ2v) is 8.53. The lowest BCUT2D eigenvalue weighted by atomic mass is 10.2. The molecule has 11 heteroatoms. The number of anilines is 2. The Balaban J connectivity index is 1.64. The van der Waals surface area contributed by atoms with Gasteiger partial charge in [-0.15, -0.1) is 11.8 Å². The van der Waals surface area contributed by atoms with Crippen molar-refractivity contribution >= 4 is 40.6 Å². The number of nitrogens with zero attached hydrogens (tertiary/aromatic N) is 1. The van der Waals surface area contributed by atoms with Crippen molar-refractivity contribution < 1.29 is 27.7 Å². The summed E-state index contributed by atoms with van der Waals surface area (Å²) in [4.78, 5) is 35.9. The molecule has 0 heterocycles. The van der Waals surface area contributed by atoms with Crippen LogP contribution >= 0.6 is 11.8 Å². The zero-order chi connectivity index (χ0) is 24.9. The number of non-ortho nitro benzene ring substituents is 1. The minimum Gasteiger partial charge on any atom is -0.325 e. The van der Waals surface area contributed by atoms with Gasteiger partial charge in [-0.05, 0) is 49.4 Å². The summed E-state index contributed by atoms with van der Waals surface area (Å²) in [5.41, 5.74) is -0.520. The monoisotopic (exact) mass is 489 g/mol. The fourth-order valence-corrected chi connectivity index (χ4v) is 3.81. The summed E-state index contributed by atoms with van der Waals surface area (Å²) in [6, 6.07) is 16.3. The number of carbonyl (C=O) groups is 2. The van der Waals surface area contributed by atoms with Crippen molar-refractivity contribution in [2.45, 2.75) is 23.2 Å². The van der Waals surface area contributed by atoms with Crippen LogP contribution in [0.4, 0.5) is 30.2 Å². The molecule has 0 radical (unpaired) electrons. The number of nitro groups is 1. The van der Waals surface area contributed by atoms with Gasteiger partial charge >= 0.3 is 6.18 Å². The molecule has 0 aliphatic carbocycles. The minimum absolute atomic E-state index is 0.0326. The van der Waals surface area contributed by atoms with Crippen LogP contribution in [-0.2, 0) is 11.0 Å². The van der Waals surface area contributed by atoms with Gasteiger partial charge in [0.2, 0.25) is 5.91 Å². The van der Waals surface area contributed by atoms with Crippen LogP contribution in [-0.4, -0.2) is 22.0 Å². The lowest BCUT2D eigenvalue weighted by Crippen LogP contribution is -2.22. The highest BCUT2D eigenvalue weighted by Crippen LogP contribution is 2.31. The van der Waals surface area contributed by atoms with E-state index in [4.69, 9.17) is 0 Å². The first-order chi connectivity index (χ1) is 16.0. The Morgan fingerprint density at radius 2 is 1.59 bits per heavy atom. The molecule has 0 fully saturated rings. The molecule has 2 amide bonds. The molecule has 1 atom stereocenters. The van der Waals surface area contributed by atoms with E-state index in [9.17, 15) is 32.9 Å². The molecule has 0 aliphatic heterocycles. The second kappa shape index (κ2) is 10.4. The molecule has 7 nitrogen and oxygen atoms in total. The van der Waals surface area contributed by atoms with Gasteiger partial charge in [0.1, 0.15) is 0 Å². The standard InChI is InChI=1S/C23H18F3N3O4S/c1-14(21(30)27-17-7-3-6-16(12-17)23(24,25)26)34-20-10-4-8-18(13-20)28-22(31)15-5-2-9-19(11-15)29(32)33/h2-14H,1H3,(H,27,30)(H,28,31). The van der Waals surface area contributed by atoms with Crippen LogP contribution in [0.3, 0.4) is 0 Å². The maximum atomic E-state index is 12.9. The largest absolute Gasteiger partial charge is 0.416 e. The number of rotatable bonds is 7. The van der Waals surface area contributed by atoms with Crippen molar-refractivity contribution in [1.29, 1.82) is 0 Å². The van der Waals surface area contributed by atoms with Gasteiger partial charge in [0, 0.05) is 34.0 Å². The van der Waals surface area contributed by atoms with E-state index < -0.39 is 33.7 Å². The van der Waals surface area contributed by atoms with E-state index in [1.54, 1.807) is 31.2 Å². The maximum Gasteiger partial charge on any atom is 0.416 e. The van der Waals surface area contributed by atoms with Crippen LogP contribution in [0, 0.1) is 10.1 Å². The summed E-state index contributed by atoms with van der Waals surface area (Å²) < 4.78 is 38.6. The molecule has 0 bridgehead atoms.